The number of halogens is 2. The van der Waals surface area contributed by atoms with E-state index in [2.05, 4.69) is 5.32 Å². The van der Waals surface area contributed by atoms with Gasteiger partial charge in [-0.1, -0.05) is 47.0 Å². The maximum Gasteiger partial charge on any atom is 0.264 e. The van der Waals surface area contributed by atoms with E-state index in [1.807, 2.05) is 6.92 Å². The molecular weight excluding hydrogens is 549 g/mol. The monoisotopic (exact) mass is 577 g/mol. The molecule has 1 unspecified atom stereocenters. The second-order valence-electron chi connectivity index (χ2n) is 8.53. The van der Waals surface area contributed by atoms with E-state index in [9.17, 15) is 18.0 Å². The molecule has 1 N–H and O–H groups in total. The average Bonchev–Trinajstić information content (AvgIpc) is 2.91. The van der Waals surface area contributed by atoms with Crippen LogP contribution in [0.3, 0.4) is 0 Å². The van der Waals surface area contributed by atoms with Crippen LogP contribution in [-0.2, 0) is 26.2 Å². The Labute approximate surface area is 233 Å². The lowest BCUT2D eigenvalue weighted by Gasteiger charge is -2.32. The predicted molar refractivity (Wildman–Crippen MR) is 149 cm³/mol. The quantitative estimate of drug-likeness (QED) is 0.378. The van der Waals surface area contributed by atoms with Crippen molar-refractivity contribution in [3.05, 3.63) is 87.9 Å². The number of carbonyl (C=O) groups is 2. The zero-order valence-electron chi connectivity index (χ0n) is 21.4. The Balaban J connectivity index is 2.06. The Kier molecular flexibility index (Phi) is 9.65. The van der Waals surface area contributed by atoms with Gasteiger partial charge in [0.1, 0.15) is 18.3 Å². The Bertz CT molecular complexity index is 1380. The molecule has 0 aromatic heterocycles. The summed E-state index contributed by atoms with van der Waals surface area (Å²) in [4.78, 5) is 27.6. The molecule has 11 heteroatoms. The van der Waals surface area contributed by atoms with Gasteiger partial charge in [-0.15, -0.1) is 0 Å². The van der Waals surface area contributed by atoms with Crippen molar-refractivity contribution in [3.8, 4) is 5.75 Å². The number of benzene rings is 3. The first-order valence-corrected chi connectivity index (χ1v) is 13.9. The topological polar surface area (TPSA) is 96.0 Å². The number of hydrogen-bond donors (Lipinski definition) is 1. The maximum absolute atomic E-state index is 13.8. The normalized spacial score (nSPS) is 11.9. The first-order valence-electron chi connectivity index (χ1n) is 11.7. The van der Waals surface area contributed by atoms with Gasteiger partial charge in [0, 0.05) is 29.2 Å². The first kappa shape index (κ1) is 29.3. The third-order valence-electron chi connectivity index (χ3n) is 6.05. The molecule has 0 spiro atoms. The summed E-state index contributed by atoms with van der Waals surface area (Å²) in [6.45, 7) is 2.75. The van der Waals surface area contributed by atoms with E-state index in [-0.39, 0.29) is 11.4 Å². The van der Waals surface area contributed by atoms with Crippen molar-refractivity contribution in [3.63, 3.8) is 0 Å². The molecule has 0 aliphatic carbocycles. The number of amides is 2. The Morgan fingerprint density at radius 1 is 0.974 bits per heavy atom. The summed E-state index contributed by atoms with van der Waals surface area (Å²) in [5.41, 5.74) is 1.66. The van der Waals surface area contributed by atoms with Crippen LogP contribution in [0.2, 0.25) is 10.0 Å². The fourth-order valence-corrected chi connectivity index (χ4v) is 5.69. The molecule has 0 radical (unpaired) electrons. The minimum Gasteiger partial charge on any atom is -0.497 e. The molecule has 0 saturated heterocycles. The minimum absolute atomic E-state index is 0.0216. The second-order valence-corrected chi connectivity index (χ2v) is 11.2. The van der Waals surface area contributed by atoms with E-state index in [4.69, 9.17) is 27.9 Å². The maximum atomic E-state index is 13.8. The highest BCUT2D eigenvalue weighted by Gasteiger charge is 2.33. The molecule has 3 rings (SSSR count). The van der Waals surface area contributed by atoms with E-state index in [1.165, 1.54) is 43.3 Å². The predicted octanol–water partition coefficient (Wildman–Crippen LogP) is 4.67. The van der Waals surface area contributed by atoms with Crippen molar-refractivity contribution in [1.82, 2.24) is 10.2 Å². The summed E-state index contributed by atoms with van der Waals surface area (Å²) < 4.78 is 33.8. The van der Waals surface area contributed by atoms with Crippen LogP contribution in [-0.4, -0.2) is 51.9 Å². The van der Waals surface area contributed by atoms with Crippen LogP contribution in [0, 0.1) is 6.92 Å². The van der Waals surface area contributed by atoms with Gasteiger partial charge in [-0.2, -0.15) is 0 Å². The van der Waals surface area contributed by atoms with E-state index in [0.29, 0.717) is 27.0 Å². The average molecular weight is 579 g/mol. The molecule has 0 bridgehead atoms. The lowest BCUT2D eigenvalue weighted by molar-refractivity contribution is -0.139. The highest BCUT2D eigenvalue weighted by molar-refractivity contribution is 7.92. The number of anilines is 1. The number of methoxy groups -OCH3 is 1. The van der Waals surface area contributed by atoms with Gasteiger partial charge in [-0.25, -0.2) is 8.42 Å². The number of carbonyl (C=O) groups excluding carboxylic acids is 2. The molecule has 8 nitrogen and oxygen atoms in total. The summed E-state index contributed by atoms with van der Waals surface area (Å²) in [5, 5.41) is 3.17. The van der Waals surface area contributed by atoms with Crippen LogP contribution in [0.1, 0.15) is 18.1 Å². The van der Waals surface area contributed by atoms with Crippen LogP contribution in [0.4, 0.5) is 5.69 Å². The number of hydrogen-bond acceptors (Lipinski definition) is 5. The van der Waals surface area contributed by atoms with Gasteiger partial charge in [0.25, 0.3) is 10.0 Å². The zero-order chi connectivity index (χ0) is 28.0. The van der Waals surface area contributed by atoms with Gasteiger partial charge < -0.3 is 15.0 Å². The van der Waals surface area contributed by atoms with Gasteiger partial charge in [0.15, 0.2) is 0 Å². The third-order valence-corrected chi connectivity index (χ3v) is 8.55. The van der Waals surface area contributed by atoms with Gasteiger partial charge in [-0.3, -0.25) is 13.9 Å². The first-order chi connectivity index (χ1) is 18.0. The molecule has 0 saturated carbocycles. The molecule has 0 fully saturated rings. The summed E-state index contributed by atoms with van der Waals surface area (Å²) in [5.74, 6) is -0.555. The van der Waals surface area contributed by atoms with E-state index in [0.717, 1.165) is 9.87 Å². The molecule has 0 aliphatic heterocycles. The molecule has 3 aromatic rings. The lowest BCUT2D eigenvalue weighted by Crippen LogP contribution is -2.50. The van der Waals surface area contributed by atoms with Crippen LogP contribution >= 0.6 is 23.2 Å². The van der Waals surface area contributed by atoms with Crippen molar-refractivity contribution in [2.75, 3.05) is 25.0 Å². The number of sulfonamides is 1. The van der Waals surface area contributed by atoms with E-state index >= 15 is 0 Å². The zero-order valence-corrected chi connectivity index (χ0v) is 23.8. The van der Waals surface area contributed by atoms with Gasteiger partial charge in [0.05, 0.1) is 17.7 Å². The number of nitrogens with one attached hydrogen (secondary N) is 1. The largest absolute Gasteiger partial charge is 0.497 e. The molecule has 0 heterocycles. The van der Waals surface area contributed by atoms with Crippen molar-refractivity contribution in [2.45, 2.75) is 31.3 Å². The fourth-order valence-electron chi connectivity index (χ4n) is 3.76. The third kappa shape index (κ3) is 6.59. The molecule has 0 aliphatic rings. The number of aryl methyl sites for hydroxylation is 1. The lowest BCUT2D eigenvalue weighted by atomic mass is 10.1. The molecule has 38 heavy (non-hydrogen) atoms. The molecule has 1 atom stereocenters. The number of likely N-dealkylation sites (N-methyl/N-ethyl adjacent to an activating group) is 1. The van der Waals surface area contributed by atoms with Crippen LogP contribution in [0.5, 0.6) is 5.75 Å². The van der Waals surface area contributed by atoms with Crippen molar-refractivity contribution < 1.29 is 22.7 Å². The van der Waals surface area contributed by atoms with Crippen LogP contribution in [0.15, 0.2) is 71.6 Å². The molecular formula is C27H29Cl2N3O5S. The standard InChI is InChI=1S/C27H29Cl2N3O5S/c1-18-8-10-20(11-9-18)32(38(35,36)22-14-12-21(37-4)13-15-22)17-26(33)31(19(2)27(34)30-3)16-23-24(28)6-5-7-25(23)29/h5-15,19H,16-17H2,1-4H3,(H,30,34). The number of rotatable bonds is 10. The van der Waals surface area contributed by atoms with Crippen LogP contribution < -0.4 is 14.4 Å². The van der Waals surface area contributed by atoms with E-state index in [1.54, 1.807) is 49.4 Å². The number of nitrogens with zero attached hydrogens (tertiary/aromatic N) is 2. The van der Waals surface area contributed by atoms with Gasteiger partial charge >= 0.3 is 0 Å². The van der Waals surface area contributed by atoms with Gasteiger partial charge in [-0.05, 0) is 62.4 Å². The Hall–Kier alpha value is -3.27. The minimum atomic E-state index is -4.18. The Morgan fingerprint density at radius 2 is 1.55 bits per heavy atom. The Morgan fingerprint density at radius 3 is 2.08 bits per heavy atom. The van der Waals surface area contributed by atoms with Crippen molar-refractivity contribution in [1.29, 1.82) is 0 Å². The number of ether oxygens (including phenoxy) is 1. The summed E-state index contributed by atoms with van der Waals surface area (Å²) in [6, 6.07) is 16.6. The second kappa shape index (κ2) is 12.5. The summed E-state index contributed by atoms with van der Waals surface area (Å²) in [7, 11) is -1.25. The molecule has 202 valence electrons. The highest BCUT2D eigenvalue weighted by Crippen LogP contribution is 2.29. The van der Waals surface area contributed by atoms with Crippen molar-refractivity contribution >= 4 is 50.7 Å². The highest BCUT2D eigenvalue weighted by atomic mass is 35.5. The van der Waals surface area contributed by atoms with Gasteiger partial charge in [0.2, 0.25) is 11.8 Å². The summed E-state index contributed by atoms with van der Waals surface area (Å²) in [6.07, 6.45) is 0. The smallest absolute Gasteiger partial charge is 0.264 e. The summed E-state index contributed by atoms with van der Waals surface area (Å²) >= 11 is 12.7. The van der Waals surface area contributed by atoms with Crippen LogP contribution in [0.25, 0.3) is 0 Å². The van der Waals surface area contributed by atoms with E-state index < -0.39 is 34.4 Å². The molecule has 2 amide bonds. The molecule has 3 aromatic carbocycles. The SMILES string of the molecule is CNC(=O)C(C)N(Cc1c(Cl)cccc1Cl)C(=O)CN(c1ccc(C)cc1)S(=O)(=O)c1ccc(OC)cc1. The van der Waals surface area contributed by atoms with Crippen molar-refractivity contribution in [2.24, 2.45) is 0 Å². The fraction of sp³-hybridized carbons (Fsp3) is 0.259.